The number of para-hydroxylation sites is 1. The number of carbonyl (C=O) groups excluding carboxylic acids is 1. The Morgan fingerprint density at radius 1 is 1.12 bits per heavy atom. The summed E-state index contributed by atoms with van der Waals surface area (Å²) < 4.78 is 0.756. The van der Waals surface area contributed by atoms with Crippen LogP contribution in [0, 0.1) is 5.92 Å². The van der Waals surface area contributed by atoms with E-state index in [-0.39, 0.29) is 18.0 Å². The maximum Gasteiger partial charge on any atom is 0.255 e. The monoisotopic (exact) mass is 412 g/mol. The molecule has 0 fully saturated rings. The molecule has 26 heavy (non-hydrogen) atoms. The summed E-state index contributed by atoms with van der Waals surface area (Å²) in [7, 11) is 0. The van der Waals surface area contributed by atoms with E-state index < -0.39 is 0 Å². The summed E-state index contributed by atoms with van der Waals surface area (Å²) in [6.07, 6.45) is 0. The van der Waals surface area contributed by atoms with E-state index in [4.69, 9.17) is 0 Å². The van der Waals surface area contributed by atoms with Crippen LogP contribution in [0.4, 0.5) is 0 Å². The van der Waals surface area contributed by atoms with E-state index >= 15 is 0 Å². The van der Waals surface area contributed by atoms with E-state index in [0.29, 0.717) is 23.6 Å². The molecular weight excluding hydrogens is 392 g/mol. The van der Waals surface area contributed by atoms with Crippen LogP contribution in [0.5, 0.6) is 0 Å². The molecular formula is C21H21BrN2O2. The van der Waals surface area contributed by atoms with Gasteiger partial charge in [0.05, 0.1) is 12.1 Å². The van der Waals surface area contributed by atoms with Crippen LogP contribution >= 0.6 is 15.9 Å². The molecule has 1 N–H and O–H groups in total. The topological polar surface area (TPSA) is 53.2 Å². The SMILES string of the molecule is CC(C)CN(Cc1cc2ccccc2[nH]c1=O)C(=O)c1ccccc1Br. The predicted molar refractivity (Wildman–Crippen MR) is 108 cm³/mol. The van der Waals surface area contributed by atoms with E-state index in [2.05, 4.69) is 34.8 Å². The van der Waals surface area contributed by atoms with Gasteiger partial charge in [0.15, 0.2) is 0 Å². The number of hydrogen-bond acceptors (Lipinski definition) is 2. The lowest BCUT2D eigenvalue weighted by Gasteiger charge is -2.25. The van der Waals surface area contributed by atoms with Gasteiger partial charge in [-0.15, -0.1) is 0 Å². The Labute approximate surface area is 161 Å². The van der Waals surface area contributed by atoms with Gasteiger partial charge in [0.2, 0.25) is 0 Å². The second-order valence-corrected chi connectivity index (χ2v) is 7.62. The maximum atomic E-state index is 13.1. The van der Waals surface area contributed by atoms with Crippen LogP contribution in [0.2, 0.25) is 0 Å². The second kappa shape index (κ2) is 7.87. The Kier molecular flexibility index (Phi) is 5.57. The van der Waals surface area contributed by atoms with Crippen LogP contribution in [-0.2, 0) is 6.54 Å². The number of hydrogen-bond donors (Lipinski definition) is 1. The average Bonchev–Trinajstić information content (AvgIpc) is 2.61. The molecule has 0 unspecified atom stereocenters. The summed E-state index contributed by atoms with van der Waals surface area (Å²) in [6, 6.07) is 16.9. The molecule has 1 heterocycles. The van der Waals surface area contributed by atoms with Crippen molar-refractivity contribution in [1.29, 1.82) is 0 Å². The highest BCUT2D eigenvalue weighted by Gasteiger charge is 2.20. The van der Waals surface area contributed by atoms with Crippen molar-refractivity contribution in [3.8, 4) is 0 Å². The fraction of sp³-hybridized carbons (Fsp3) is 0.238. The first-order valence-electron chi connectivity index (χ1n) is 8.60. The summed E-state index contributed by atoms with van der Waals surface area (Å²) in [5.74, 6) is 0.208. The third kappa shape index (κ3) is 4.05. The molecule has 3 rings (SSSR count). The zero-order valence-corrected chi connectivity index (χ0v) is 16.4. The first kappa shape index (κ1) is 18.4. The molecule has 0 radical (unpaired) electrons. The van der Waals surface area contributed by atoms with Crippen LogP contribution in [0.1, 0.15) is 29.8 Å². The van der Waals surface area contributed by atoms with Gasteiger partial charge in [0.1, 0.15) is 0 Å². The number of aromatic amines is 1. The number of aromatic nitrogens is 1. The number of nitrogens with zero attached hydrogens (tertiary/aromatic N) is 1. The summed E-state index contributed by atoms with van der Waals surface area (Å²) >= 11 is 3.45. The predicted octanol–water partition coefficient (Wildman–Crippen LogP) is 4.59. The van der Waals surface area contributed by atoms with E-state index in [1.54, 1.807) is 11.0 Å². The number of carbonyl (C=O) groups is 1. The van der Waals surface area contributed by atoms with Crippen LogP contribution < -0.4 is 5.56 Å². The third-order valence-corrected chi connectivity index (χ3v) is 4.86. The average molecular weight is 413 g/mol. The number of rotatable bonds is 5. The number of halogens is 1. The Bertz CT molecular complexity index is 994. The first-order valence-corrected chi connectivity index (χ1v) is 9.39. The molecule has 0 saturated heterocycles. The summed E-state index contributed by atoms with van der Waals surface area (Å²) in [4.78, 5) is 30.2. The molecule has 0 aliphatic rings. The van der Waals surface area contributed by atoms with Gasteiger partial charge in [-0.05, 0) is 51.5 Å². The Morgan fingerprint density at radius 2 is 1.81 bits per heavy atom. The molecule has 1 aromatic heterocycles. The molecule has 0 saturated carbocycles. The van der Waals surface area contributed by atoms with Crippen LogP contribution in [0.15, 0.2) is 63.9 Å². The zero-order chi connectivity index (χ0) is 18.7. The largest absolute Gasteiger partial charge is 0.334 e. The summed E-state index contributed by atoms with van der Waals surface area (Å²) in [6.45, 7) is 4.97. The van der Waals surface area contributed by atoms with Gasteiger partial charge in [-0.2, -0.15) is 0 Å². The minimum atomic E-state index is -0.155. The molecule has 0 atom stereocenters. The van der Waals surface area contributed by atoms with Crippen molar-refractivity contribution < 1.29 is 4.79 Å². The summed E-state index contributed by atoms with van der Waals surface area (Å²) in [5.41, 5.74) is 1.83. The minimum Gasteiger partial charge on any atom is -0.334 e. The zero-order valence-electron chi connectivity index (χ0n) is 14.8. The molecule has 0 aliphatic carbocycles. The van der Waals surface area contributed by atoms with Crippen molar-refractivity contribution in [1.82, 2.24) is 9.88 Å². The van der Waals surface area contributed by atoms with E-state index in [9.17, 15) is 9.59 Å². The van der Waals surface area contributed by atoms with Gasteiger partial charge >= 0.3 is 0 Å². The molecule has 0 spiro atoms. The van der Waals surface area contributed by atoms with Gasteiger partial charge in [-0.1, -0.05) is 44.2 Å². The quantitative estimate of drug-likeness (QED) is 0.665. The number of H-pyrrole nitrogens is 1. The van der Waals surface area contributed by atoms with Crippen LogP contribution in [-0.4, -0.2) is 22.3 Å². The molecule has 0 aliphatic heterocycles. The molecule has 134 valence electrons. The normalized spacial score (nSPS) is 11.1. The standard InChI is InChI=1S/C21H21BrN2O2/c1-14(2)12-24(21(26)17-8-4-5-9-18(17)22)13-16-11-15-7-3-6-10-19(15)23-20(16)25/h3-11,14H,12-13H2,1-2H3,(H,23,25). The van der Waals surface area contributed by atoms with Crippen molar-refractivity contribution in [2.45, 2.75) is 20.4 Å². The highest BCUT2D eigenvalue weighted by Crippen LogP contribution is 2.20. The molecule has 5 heteroatoms. The van der Waals surface area contributed by atoms with Crippen molar-refractivity contribution in [2.75, 3.05) is 6.54 Å². The van der Waals surface area contributed by atoms with Crippen LogP contribution in [0.25, 0.3) is 10.9 Å². The third-order valence-electron chi connectivity index (χ3n) is 4.17. The maximum absolute atomic E-state index is 13.1. The highest BCUT2D eigenvalue weighted by molar-refractivity contribution is 9.10. The van der Waals surface area contributed by atoms with Gasteiger partial charge in [0, 0.05) is 22.1 Å². The first-order chi connectivity index (χ1) is 12.5. The Hall–Kier alpha value is -2.40. The lowest BCUT2D eigenvalue weighted by Crippen LogP contribution is -2.35. The van der Waals surface area contributed by atoms with E-state index in [1.165, 1.54) is 0 Å². The minimum absolute atomic E-state index is 0.0845. The summed E-state index contributed by atoms with van der Waals surface area (Å²) in [5, 5.41) is 0.958. The lowest BCUT2D eigenvalue weighted by atomic mass is 10.1. The molecule has 2 aromatic carbocycles. The number of benzene rings is 2. The number of nitrogens with one attached hydrogen (secondary N) is 1. The fourth-order valence-electron chi connectivity index (χ4n) is 2.98. The van der Waals surface area contributed by atoms with Crippen molar-refractivity contribution >= 4 is 32.7 Å². The Morgan fingerprint density at radius 3 is 2.54 bits per heavy atom. The molecule has 4 nitrogen and oxygen atoms in total. The van der Waals surface area contributed by atoms with Crippen molar-refractivity contribution in [3.63, 3.8) is 0 Å². The Balaban J connectivity index is 1.97. The fourth-order valence-corrected chi connectivity index (χ4v) is 3.44. The molecule has 0 bridgehead atoms. The van der Waals surface area contributed by atoms with E-state index in [1.807, 2.05) is 48.5 Å². The lowest BCUT2D eigenvalue weighted by molar-refractivity contribution is 0.0721. The van der Waals surface area contributed by atoms with Crippen molar-refractivity contribution in [2.24, 2.45) is 5.92 Å². The van der Waals surface area contributed by atoms with Gasteiger partial charge in [-0.25, -0.2) is 0 Å². The van der Waals surface area contributed by atoms with E-state index in [0.717, 1.165) is 15.4 Å². The number of fused-ring (bicyclic) bond motifs is 1. The van der Waals surface area contributed by atoms with Gasteiger partial charge in [0.25, 0.3) is 11.5 Å². The van der Waals surface area contributed by atoms with Crippen molar-refractivity contribution in [3.05, 3.63) is 80.6 Å². The smallest absolute Gasteiger partial charge is 0.255 e. The number of pyridine rings is 1. The van der Waals surface area contributed by atoms with Gasteiger partial charge < -0.3 is 9.88 Å². The molecule has 1 amide bonds. The highest BCUT2D eigenvalue weighted by atomic mass is 79.9. The van der Waals surface area contributed by atoms with Gasteiger partial charge in [-0.3, -0.25) is 9.59 Å². The second-order valence-electron chi connectivity index (χ2n) is 6.77. The van der Waals surface area contributed by atoms with Crippen LogP contribution in [0.3, 0.4) is 0 Å². The molecule has 3 aromatic rings. The number of amides is 1.